The molecule has 0 amide bonds. The molecule has 0 aliphatic heterocycles. The Morgan fingerprint density at radius 2 is 2.25 bits per heavy atom. The van der Waals surface area contributed by atoms with Crippen LogP contribution in [0.2, 0.25) is 0 Å². The van der Waals surface area contributed by atoms with Crippen LogP contribution in [0.4, 0.5) is 0 Å². The third-order valence-electron chi connectivity index (χ3n) is 4.77. The average molecular weight is 292 g/mol. The fourth-order valence-corrected chi connectivity index (χ4v) is 3.30. The molecule has 2 aliphatic rings. The minimum atomic E-state index is -3.62. The third-order valence-corrected chi connectivity index (χ3v) is 4.77. The molecule has 2 nitrogen and oxygen atoms in total. The summed E-state index contributed by atoms with van der Waals surface area (Å²) in [6.45, 7) is 1.36. The molecule has 3 atom stereocenters. The fraction of sp³-hybridized carbons (Fsp3) is 0.889. The van der Waals surface area contributed by atoms with E-state index in [9.17, 15) is 10.2 Å². The highest BCUT2D eigenvalue weighted by Crippen LogP contribution is 2.53. The first kappa shape index (κ1) is 6.83. The summed E-state index contributed by atoms with van der Waals surface area (Å²) < 4.78 is 88.1. The lowest BCUT2D eigenvalue weighted by Crippen LogP contribution is -2.41. The Bertz CT molecular complexity index is 749. The van der Waals surface area contributed by atoms with Crippen molar-refractivity contribution in [1.29, 1.82) is 0 Å². The number of hydrogen-bond acceptors (Lipinski definition) is 2. The van der Waals surface area contributed by atoms with Crippen LogP contribution in [0.1, 0.15) is 93.9 Å². The van der Waals surface area contributed by atoms with Gasteiger partial charge in [-0.1, -0.05) is 25.7 Å². The highest BCUT2D eigenvalue weighted by Gasteiger charge is 2.44. The van der Waals surface area contributed by atoms with Crippen LogP contribution in [0.3, 0.4) is 0 Å². The Balaban J connectivity index is 2.80. The molecule has 2 N–H and O–H groups in total. The maximum absolute atomic E-state index is 10.8. The summed E-state index contributed by atoms with van der Waals surface area (Å²) in [4.78, 5) is 0. The predicted octanol–water partition coefficient (Wildman–Crippen LogP) is 4.21. The maximum Gasteiger partial charge on any atom is 0.0753 e. The Hall–Kier alpha value is -0.340. The third kappa shape index (κ3) is 3.12. The normalized spacial score (nSPS) is 48.5. The number of fused-ring (bicyclic) bond motifs is 1. The number of allylic oxidation sites excluding steroid dienone is 1. The molecule has 0 radical (unpaired) electrons. The average Bonchev–Trinajstić information content (AvgIpc) is 2.52. The maximum atomic E-state index is 10.8. The topological polar surface area (TPSA) is 40.5 Å². The van der Waals surface area contributed by atoms with Crippen LogP contribution in [0.5, 0.6) is 0 Å². The highest BCUT2D eigenvalue weighted by atomic mass is 16.3. The Morgan fingerprint density at radius 1 is 1.50 bits per heavy atom. The van der Waals surface area contributed by atoms with Crippen molar-refractivity contribution >= 4 is 0 Å². The highest BCUT2D eigenvalue weighted by molar-refractivity contribution is 5.30. The van der Waals surface area contributed by atoms with E-state index in [0.717, 1.165) is 0 Å². The van der Waals surface area contributed by atoms with Gasteiger partial charge in [-0.05, 0) is 75.6 Å². The van der Waals surface area contributed by atoms with Gasteiger partial charge in [-0.15, -0.1) is 0 Å². The Morgan fingerprint density at radius 3 is 2.90 bits per heavy atom. The van der Waals surface area contributed by atoms with Gasteiger partial charge < -0.3 is 10.2 Å². The van der Waals surface area contributed by atoms with Gasteiger partial charge >= 0.3 is 0 Å². The number of aliphatic hydroxyl groups excluding tert-OH is 1. The van der Waals surface area contributed by atoms with E-state index in [2.05, 4.69) is 0 Å². The van der Waals surface area contributed by atoms with E-state index in [1.54, 1.807) is 20.8 Å². The lowest BCUT2D eigenvalue weighted by molar-refractivity contribution is -0.00760. The lowest BCUT2D eigenvalue weighted by Gasteiger charge is -2.48. The molecule has 2 heteroatoms. The van der Waals surface area contributed by atoms with Gasteiger partial charge in [-0.3, -0.25) is 0 Å². The summed E-state index contributed by atoms with van der Waals surface area (Å²) >= 11 is 0. The van der Waals surface area contributed by atoms with E-state index in [1.807, 2.05) is 0 Å². The van der Waals surface area contributed by atoms with Crippen LogP contribution in [0, 0.1) is 11.3 Å². The molecule has 1 saturated carbocycles. The van der Waals surface area contributed by atoms with Crippen LogP contribution in [0.25, 0.3) is 0 Å². The molecule has 116 valence electrons. The molecule has 0 heterocycles. The van der Waals surface area contributed by atoms with E-state index < -0.39 is 55.0 Å². The molecule has 0 spiro atoms. The first-order valence-corrected chi connectivity index (χ1v) is 7.08. The Labute approximate surface area is 139 Å². The second kappa shape index (κ2) is 5.81. The van der Waals surface area contributed by atoms with E-state index >= 15 is 0 Å². The van der Waals surface area contributed by atoms with Gasteiger partial charge in [0, 0.05) is 15.1 Å². The molecule has 0 bridgehead atoms. The van der Waals surface area contributed by atoms with Crippen molar-refractivity contribution < 1.29 is 25.3 Å². The molecular formula is C18H32O2. The van der Waals surface area contributed by atoms with Crippen molar-refractivity contribution in [3.63, 3.8) is 0 Å². The summed E-state index contributed by atoms with van der Waals surface area (Å²) in [5, 5.41) is 21.4. The molecule has 20 heavy (non-hydrogen) atoms. The smallest absolute Gasteiger partial charge is 0.0753 e. The molecule has 0 aromatic rings. The largest absolute Gasteiger partial charge is 0.390 e. The first-order valence-electron chi connectivity index (χ1n) is 12.6. The van der Waals surface area contributed by atoms with Crippen molar-refractivity contribution in [3.8, 4) is 0 Å². The zero-order chi connectivity index (χ0) is 24.6. The molecule has 2 aliphatic carbocycles. The first-order chi connectivity index (χ1) is 13.4. The van der Waals surface area contributed by atoms with Crippen LogP contribution < -0.4 is 0 Å². The molecule has 0 aromatic carbocycles. The summed E-state index contributed by atoms with van der Waals surface area (Å²) in [5.41, 5.74) is -2.52. The van der Waals surface area contributed by atoms with Crippen LogP contribution >= 0.6 is 0 Å². The van der Waals surface area contributed by atoms with Crippen molar-refractivity contribution in [2.45, 2.75) is 90.5 Å². The van der Waals surface area contributed by atoms with Gasteiger partial charge in [-0.2, -0.15) is 0 Å². The number of rotatable bonds is 4. The fourth-order valence-electron chi connectivity index (χ4n) is 3.30. The van der Waals surface area contributed by atoms with Crippen molar-refractivity contribution in [3.05, 3.63) is 11.1 Å². The van der Waals surface area contributed by atoms with Crippen LogP contribution in [-0.4, -0.2) is 21.9 Å². The van der Waals surface area contributed by atoms with Gasteiger partial charge in [0.25, 0.3) is 0 Å². The number of hydrogen-bond donors (Lipinski definition) is 2. The van der Waals surface area contributed by atoms with Gasteiger partial charge in [0.05, 0.1) is 11.7 Å². The molecular weight excluding hydrogens is 248 g/mol. The van der Waals surface area contributed by atoms with Gasteiger partial charge in [0.15, 0.2) is 0 Å². The quantitative estimate of drug-likeness (QED) is 0.762. The van der Waals surface area contributed by atoms with Gasteiger partial charge in [0.1, 0.15) is 0 Å². The standard InChI is InChI=1S/C18H32O2/c1-5-6-7-14-15-12-13(17(2,3)20)8-10-18(15,4)11-9-16(14)19/h13,16,19-20H,5-12H2,1-4H3/t13-,16?,18-/m1/s1/i1D3,5D2,6D2,7D2,9D2. The minimum absolute atomic E-state index is 0.0643. The van der Waals surface area contributed by atoms with Crippen LogP contribution in [-0.2, 0) is 0 Å². The van der Waals surface area contributed by atoms with E-state index in [4.69, 9.17) is 15.1 Å². The summed E-state index contributed by atoms with van der Waals surface area (Å²) in [6.07, 6.45) is -14.2. The molecule has 1 unspecified atom stereocenters. The Kier molecular flexibility index (Phi) is 1.98. The van der Waals surface area contributed by atoms with Gasteiger partial charge in [-0.25, -0.2) is 0 Å². The molecule has 0 aromatic heterocycles. The number of aliphatic hydroxyl groups is 2. The SMILES string of the molecule is [2H]C1([2H])C[C@@]2(C)CC[C@@H](C(C)(C)O)CC2=C(C([2H])([2H])C([2H])([2H])C([2H])([2H])C([2H])([2H])[2H])C1O. The van der Waals surface area contributed by atoms with Crippen molar-refractivity contribution in [2.24, 2.45) is 11.3 Å². The summed E-state index contributed by atoms with van der Waals surface area (Å²) in [5.74, 6) is -0.372. The zero-order valence-electron chi connectivity index (χ0n) is 23.4. The van der Waals surface area contributed by atoms with E-state index in [0.29, 0.717) is 12.8 Å². The second-order valence-electron chi connectivity index (χ2n) is 6.70. The second-order valence-corrected chi connectivity index (χ2v) is 6.70. The minimum Gasteiger partial charge on any atom is -0.390 e. The molecule has 1 fully saturated rings. The van der Waals surface area contributed by atoms with Gasteiger partial charge in [0.2, 0.25) is 0 Å². The summed E-state index contributed by atoms with van der Waals surface area (Å²) in [7, 11) is 0. The van der Waals surface area contributed by atoms with Crippen molar-refractivity contribution in [2.75, 3.05) is 0 Å². The van der Waals surface area contributed by atoms with E-state index in [-0.39, 0.29) is 24.3 Å². The monoisotopic (exact) mass is 291 g/mol. The molecule has 0 saturated heterocycles. The lowest BCUT2D eigenvalue weighted by atomic mass is 9.59. The van der Waals surface area contributed by atoms with Crippen LogP contribution in [0.15, 0.2) is 11.1 Å². The predicted molar refractivity (Wildman–Crippen MR) is 83.5 cm³/mol. The zero-order valence-corrected chi connectivity index (χ0v) is 12.4. The van der Waals surface area contributed by atoms with Crippen molar-refractivity contribution in [1.82, 2.24) is 0 Å². The van der Waals surface area contributed by atoms with E-state index in [1.165, 1.54) is 0 Å². The summed E-state index contributed by atoms with van der Waals surface area (Å²) in [6, 6.07) is 0. The molecule has 2 rings (SSSR count).